The third kappa shape index (κ3) is 3.48. The minimum absolute atomic E-state index is 0.0487. The van der Waals surface area contributed by atoms with E-state index in [1.54, 1.807) is 17.5 Å². The molecule has 3 aromatic heterocycles. The van der Waals surface area contributed by atoms with Crippen LogP contribution in [0, 0.1) is 0 Å². The lowest BCUT2D eigenvalue weighted by molar-refractivity contribution is 0.0854. The van der Waals surface area contributed by atoms with Crippen LogP contribution in [0.2, 0.25) is 0 Å². The molecule has 1 aliphatic carbocycles. The predicted octanol–water partition coefficient (Wildman–Crippen LogP) is 4.13. The zero-order valence-corrected chi connectivity index (χ0v) is 15.5. The van der Waals surface area contributed by atoms with Gasteiger partial charge in [-0.1, -0.05) is 5.16 Å². The van der Waals surface area contributed by atoms with Crippen LogP contribution in [0.5, 0.6) is 0 Å². The van der Waals surface area contributed by atoms with Gasteiger partial charge in [0.15, 0.2) is 0 Å². The van der Waals surface area contributed by atoms with Gasteiger partial charge < -0.3 is 4.84 Å². The Kier molecular flexibility index (Phi) is 4.71. The molecule has 0 radical (unpaired) electrons. The second-order valence-corrected chi connectivity index (χ2v) is 7.40. The highest BCUT2D eigenvalue weighted by Crippen LogP contribution is 2.31. The van der Waals surface area contributed by atoms with E-state index < -0.39 is 0 Å². The molecule has 0 aliphatic heterocycles. The molecule has 132 valence electrons. The van der Waals surface area contributed by atoms with E-state index in [4.69, 9.17) is 9.82 Å². The van der Waals surface area contributed by atoms with Crippen LogP contribution in [-0.2, 0) is 11.3 Å². The molecule has 0 amide bonds. The lowest BCUT2D eigenvalue weighted by Gasteiger charge is -2.16. The molecule has 7 heteroatoms. The molecule has 0 saturated heterocycles. The number of pyridine rings is 1. The van der Waals surface area contributed by atoms with Gasteiger partial charge in [-0.05, 0) is 45.2 Å². The maximum Gasteiger partial charge on any atom is 0.125 e. The van der Waals surface area contributed by atoms with Crippen molar-refractivity contribution in [3.63, 3.8) is 0 Å². The lowest BCUT2D eigenvalue weighted by Crippen LogP contribution is -2.17. The largest absolute Gasteiger partial charge is 0.393 e. The third-order valence-corrected chi connectivity index (χ3v) is 5.06. The van der Waals surface area contributed by atoms with Crippen LogP contribution < -0.4 is 0 Å². The first-order valence-corrected chi connectivity index (χ1v) is 9.48. The van der Waals surface area contributed by atoms with Gasteiger partial charge in [-0.15, -0.1) is 11.3 Å². The molecule has 0 atom stereocenters. The van der Waals surface area contributed by atoms with Gasteiger partial charge in [0.05, 0.1) is 16.8 Å². The summed E-state index contributed by atoms with van der Waals surface area (Å²) in [5, 5.41) is 5.23. The second kappa shape index (κ2) is 7.29. The molecule has 0 aromatic carbocycles. The van der Waals surface area contributed by atoms with Crippen LogP contribution >= 0.6 is 11.3 Å². The summed E-state index contributed by atoms with van der Waals surface area (Å²) >= 11 is 1.58. The summed E-state index contributed by atoms with van der Waals surface area (Å²) in [6.45, 7) is 3.93. The average Bonchev–Trinajstić information content (AvgIpc) is 3.17. The monoisotopic (exact) mass is 365 g/mol. The Balaban J connectivity index is 1.68. The van der Waals surface area contributed by atoms with Crippen molar-refractivity contribution in [2.24, 2.45) is 5.16 Å². The Morgan fingerprint density at radius 1 is 1.15 bits per heavy atom. The van der Waals surface area contributed by atoms with Crippen LogP contribution in [0.1, 0.15) is 38.1 Å². The Morgan fingerprint density at radius 2 is 2.08 bits per heavy atom. The van der Waals surface area contributed by atoms with E-state index in [0.29, 0.717) is 0 Å². The number of thiazole rings is 1. The molecule has 0 fully saturated rings. The van der Waals surface area contributed by atoms with E-state index in [1.165, 1.54) is 0 Å². The zero-order chi connectivity index (χ0) is 17.9. The smallest absolute Gasteiger partial charge is 0.125 e. The lowest BCUT2D eigenvalue weighted by atomic mass is 9.98. The van der Waals surface area contributed by atoms with Crippen molar-refractivity contribution >= 4 is 17.0 Å². The number of fused-ring (bicyclic) bond motifs is 1. The van der Waals surface area contributed by atoms with Crippen LogP contribution in [0.4, 0.5) is 0 Å². The average molecular weight is 365 g/mol. The fourth-order valence-electron chi connectivity index (χ4n) is 2.76. The quantitative estimate of drug-likeness (QED) is 0.650. The van der Waals surface area contributed by atoms with Gasteiger partial charge in [-0.25, -0.2) is 9.97 Å². The normalized spacial score (nSPS) is 15.3. The molecule has 1 aliphatic rings. The fraction of sp³-hybridized carbons (Fsp3) is 0.316. The minimum Gasteiger partial charge on any atom is -0.393 e. The standard InChI is InChI=1S/C19H19N5OS/c1-12(2)25-24-15-7-3-6-14-18(15)23-16(10-21-14)17-11-22-19(26-17)13-5-4-8-20-9-13/h4-5,8-12H,3,6-7H2,1-2H3/b24-15+. The molecule has 6 nitrogen and oxygen atoms in total. The summed E-state index contributed by atoms with van der Waals surface area (Å²) in [5.74, 6) is 0. The van der Waals surface area contributed by atoms with E-state index in [1.807, 2.05) is 44.6 Å². The van der Waals surface area contributed by atoms with Crippen molar-refractivity contribution in [2.75, 3.05) is 0 Å². The Labute approximate surface area is 156 Å². The van der Waals surface area contributed by atoms with E-state index in [9.17, 15) is 0 Å². The molecule has 3 heterocycles. The van der Waals surface area contributed by atoms with Crippen molar-refractivity contribution in [1.82, 2.24) is 19.9 Å². The minimum atomic E-state index is 0.0487. The molecule has 0 N–H and O–H groups in total. The van der Waals surface area contributed by atoms with Crippen LogP contribution in [0.25, 0.3) is 21.1 Å². The summed E-state index contributed by atoms with van der Waals surface area (Å²) in [4.78, 5) is 24.5. The molecular formula is C19H19N5OS. The SMILES string of the molecule is CC(C)O/N=C1\CCCc2ncc(-c3cnc(-c4cccnc4)s3)nc21. The van der Waals surface area contributed by atoms with Gasteiger partial charge in [0.2, 0.25) is 0 Å². The van der Waals surface area contributed by atoms with Gasteiger partial charge in [0, 0.05) is 24.2 Å². The molecule has 0 bridgehead atoms. The fourth-order valence-corrected chi connectivity index (χ4v) is 3.62. The summed E-state index contributed by atoms with van der Waals surface area (Å²) in [5.41, 5.74) is 4.54. The summed E-state index contributed by atoms with van der Waals surface area (Å²) in [7, 11) is 0. The third-order valence-electron chi connectivity index (χ3n) is 3.99. The molecule has 26 heavy (non-hydrogen) atoms. The number of oxime groups is 1. The molecular weight excluding hydrogens is 346 g/mol. The van der Waals surface area contributed by atoms with Crippen molar-refractivity contribution in [3.05, 3.63) is 48.3 Å². The summed E-state index contributed by atoms with van der Waals surface area (Å²) in [6, 6.07) is 3.91. The number of nitrogens with zero attached hydrogens (tertiary/aromatic N) is 5. The van der Waals surface area contributed by atoms with Crippen molar-refractivity contribution in [3.8, 4) is 21.1 Å². The Hall–Kier alpha value is -2.67. The Bertz CT molecular complexity index is 936. The maximum atomic E-state index is 5.45. The van der Waals surface area contributed by atoms with Gasteiger partial charge in [0.1, 0.15) is 28.2 Å². The molecule has 0 unspecified atom stereocenters. The second-order valence-electron chi connectivity index (χ2n) is 6.37. The van der Waals surface area contributed by atoms with E-state index in [0.717, 1.165) is 57.5 Å². The van der Waals surface area contributed by atoms with Gasteiger partial charge in [-0.3, -0.25) is 9.97 Å². The summed E-state index contributed by atoms with van der Waals surface area (Å²) in [6.07, 6.45) is 10.1. The van der Waals surface area contributed by atoms with Crippen molar-refractivity contribution in [1.29, 1.82) is 0 Å². The molecule has 0 spiro atoms. The van der Waals surface area contributed by atoms with E-state index in [2.05, 4.69) is 20.1 Å². The van der Waals surface area contributed by atoms with E-state index in [-0.39, 0.29) is 6.10 Å². The van der Waals surface area contributed by atoms with Gasteiger partial charge in [0.25, 0.3) is 0 Å². The topological polar surface area (TPSA) is 73.2 Å². The first-order chi connectivity index (χ1) is 12.7. The van der Waals surface area contributed by atoms with Crippen LogP contribution in [-0.4, -0.2) is 31.8 Å². The Morgan fingerprint density at radius 3 is 2.88 bits per heavy atom. The van der Waals surface area contributed by atoms with Crippen molar-refractivity contribution < 1.29 is 4.84 Å². The number of hydrogen-bond acceptors (Lipinski definition) is 7. The maximum absolute atomic E-state index is 5.45. The molecule has 3 aromatic rings. The number of rotatable bonds is 4. The highest BCUT2D eigenvalue weighted by molar-refractivity contribution is 7.18. The predicted molar refractivity (Wildman–Crippen MR) is 102 cm³/mol. The van der Waals surface area contributed by atoms with Gasteiger partial charge >= 0.3 is 0 Å². The van der Waals surface area contributed by atoms with Crippen LogP contribution in [0.15, 0.2) is 42.1 Å². The van der Waals surface area contributed by atoms with Gasteiger partial charge in [-0.2, -0.15) is 0 Å². The van der Waals surface area contributed by atoms with E-state index >= 15 is 0 Å². The highest BCUT2D eigenvalue weighted by Gasteiger charge is 2.21. The number of hydrogen-bond donors (Lipinski definition) is 0. The molecule has 0 saturated carbocycles. The first-order valence-electron chi connectivity index (χ1n) is 8.66. The first kappa shape index (κ1) is 16.8. The zero-order valence-electron chi connectivity index (χ0n) is 14.7. The molecule has 4 rings (SSSR count). The number of aryl methyl sites for hydroxylation is 1. The summed E-state index contributed by atoms with van der Waals surface area (Å²) < 4.78 is 0. The van der Waals surface area contributed by atoms with Crippen molar-refractivity contribution in [2.45, 2.75) is 39.2 Å². The highest BCUT2D eigenvalue weighted by atomic mass is 32.1. The van der Waals surface area contributed by atoms with Crippen LogP contribution in [0.3, 0.4) is 0 Å². The number of aromatic nitrogens is 4.